The highest BCUT2D eigenvalue weighted by atomic mass is 35.5. The Labute approximate surface area is 159 Å². The van der Waals surface area contributed by atoms with Gasteiger partial charge < -0.3 is 15.0 Å². The molecule has 0 radical (unpaired) electrons. The zero-order valence-corrected chi connectivity index (χ0v) is 14.9. The van der Waals surface area contributed by atoms with E-state index in [1.807, 2.05) is 0 Å². The van der Waals surface area contributed by atoms with E-state index in [2.05, 4.69) is 20.3 Å². The Morgan fingerprint density at radius 1 is 1.04 bits per heavy atom. The van der Waals surface area contributed by atoms with Gasteiger partial charge in [-0.25, -0.2) is 4.98 Å². The number of carbonyl (C=O) groups excluding carboxylic acids is 2. The van der Waals surface area contributed by atoms with Crippen LogP contribution in [0.5, 0.6) is 5.75 Å². The van der Waals surface area contributed by atoms with Crippen LogP contribution in [0.25, 0.3) is 11.4 Å². The van der Waals surface area contributed by atoms with Crippen LogP contribution in [0.15, 0.2) is 59.5 Å². The van der Waals surface area contributed by atoms with Crippen LogP contribution >= 0.6 is 11.6 Å². The molecule has 134 valence electrons. The number of ether oxygens (including phenoxy) is 1. The number of methoxy groups -OCH3 is 1. The van der Waals surface area contributed by atoms with E-state index in [9.17, 15) is 9.59 Å². The molecular formula is C19H13ClN4O3. The Morgan fingerprint density at radius 3 is 2.41 bits per heavy atom. The Morgan fingerprint density at radius 2 is 1.74 bits per heavy atom. The number of rotatable bonds is 4. The zero-order chi connectivity index (χ0) is 19.0. The van der Waals surface area contributed by atoms with Gasteiger partial charge in [0.2, 0.25) is 11.6 Å². The van der Waals surface area contributed by atoms with Crippen LogP contribution < -0.4 is 10.1 Å². The molecule has 7 nitrogen and oxygen atoms in total. The smallest absolute Gasteiger partial charge is 0.231 e. The molecule has 3 aromatic rings. The predicted octanol–water partition coefficient (Wildman–Crippen LogP) is 3.42. The first kappa shape index (κ1) is 17.0. The van der Waals surface area contributed by atoms with Crippen LogP contribution in [-0.4, -0.2) is 33.6 Å². The molecule has 8 heteroatoms. The second kappa shape index (κ2) is 6.69. The summed E-state index contributed by atoms with van der Waals surface area (Å²) in [7, 11) is 1.56. The molecule has 1 aromatic carbocycles. The Bertz CT molecular complexity index is 1070. The number of aromatic nitrogens is 3. The molecule has 0 atom stereocenters. The van der Waals surface area contributed by atoms with Gasteiger partial charge in [0.25, 0.3) is 0 Å². The molecule has 1 aliphatic rings. The van der Waals surface area contributed by atoms with E-state index in [0.717, 1.165) is 0 Å². The lowest BCUT2D eigenvalue weighted by Gasteiger charge is -2.15. The van der Waals surface area contributed by atoms with Crippen molar-refractivity contribution in [2.45, 2.75) is 0 Å². The number of H-pyrrole nitrogens is 1. The number of Topliss-reactive ketones (excluding diaryl/α,β-unsaturated/α-hetero) is 2. The van der Waals surface area contributed by atoms with Gasteiger partial charge in [0.15, 0.2) is 0 Å². The van der Waals surface area contributed by atoms with Gasteiger partial charge >= 0.3 is 0 Å². The minimum absolute atomic E-state index is 0.00730. The van der Waals surface area contributed by atoms with E-state index in [4.69, 9.17) is 16.3 Å². The summed E-state index contributed by atoms with van der Waals surface area (Å²) in [5, 5.41) is 2.72. The number of hydrogen-bond donors (Lipinski definition) is 2. The summed E-state index contributed by atoms with van der Waals surface area (Å²) in [4.78, 5) is 36.6. The quantitative estimate of drug-likeness (QED) is 0.719. The monoisotopic (exact) mass is 380 g/mol. The number of anilines is 1. The predicted molar refractivity (Wildman–Crippen MR) is 100.0 cm³/mol. The molecule has 2 aromatic heterocycles. The third-order valence-corrected chi connectivity index (χ3v) is 4.47. The van der Waals surface area contributed by atoms with Crippen LogP contribution in [0, 0.1) is 0 Å². The molecule has 2 N–H and O–H groups in total. The van der Waals surface area contributed by atoms with Crippen molar-refractivity contribution < 1.29 is 14.3 Å². The third-order valence-electron chi connectivity index (χ3n) is 4.10. The number of benzene rings is 1. The Hall–Kier alpha value is -3.45. The van der Waals surface area contributed by atoms with Gasteiger partial charge in [-0.15, -0.1) is 0 Å². The first-order valence-corrected chi connectivity index (χ1v) is 8.37. The van der Waals surface area contributed by atoms with E-state index >= 15 is 0 Å². The number of halogens is 1. The minimum atomic E-state index is -0.491. The molecule has 0 saturated carbocycles. The van der Waals surface area contributed by atoms with Crippen molar-refractivity contribution in [3.63, 3.8) is 0 Å². The molecule has 0 bridgehead atoms. The van der Waals surface area contributed by atoms with Crippen LogP contribution in [0.2, 0.25) is 0 Å². The number of hydrogen-bond acceptors (Lipinski definition) is 6. The fourth-order valence-corrected chi connectivity index (χ4v) is 2.95. The fourth-order valence-electron chi connectivity index (χ4n) is 2.72. The average molecular weight is 381 g/mol. The van der Waals surface area contributed by atoms with Crippen molar-refractivity contribution in [1.82, 2.24) is 15.0 Å². The molecule has 0 unspecified atom stereocenters. The van der Waals surface area contributed by atoms with Crippen LogP contribution in [-0.2, 0) is 0 Å². The lowest BCUT2D eigenvalue weighted by atomic mass is 10.0. The number of carbonyl (C=O) groups is 2. The van der Waals surface area contributed by atoms with Crippen molar-refractivity contribution >= 4 is 28.9 Å². The van der Waals surface area contributed by atoms with E-state index in [1.165, 1.54) is 0 Å². The molecule has 0 amide bonds. The van der Waals surface area contributed by atoms with Gasteiger partial charge in [-0.2, -0.15) is 0 Å². The Kier molecular flexibility index (Phi) is 4.21. The highest BCUT2D eigenvalue weighted by Gasteiger charge is 2.35. The lowest BCUT2D eigenvalue weighted by Crippen LogP contribution is -2.24. The second-order valence-corrected chi connectivity index (χ2v) is 6.12. The van der Waals surface area contributed by atoms with Gasteiger partial charge in [0, 0.05) is 23.6 Å². The maximum absolute atomic E-state index is 12.9. The van der Waals surface area contributed by atoms with Gasteiger partial charge in [0.05, 0.1) is 7.11 Å². The molecule has 0 spiro atoms. The molecule has 0 fully saturated rings. The van der Waals surface area contributed by atoms with Crippen molar-refractivity contribution in [3.8, 4) is 17.1 Å². The summed E-state index contributed by atoms with van der Waals surface area (Å²) in [6, 6.07) is 10.4. The molecule has 0 saturated heterocycles. The minimum Gasteiger partial charge on any atom is -0.497 e. The largest absolute Gasteiger partial charge is 0.497 e. The van der Waals surface area contributed by atoms with Gasteiger partial charge in [-0.05, 0) is 36.4 Å². The van der Waals surface area contributed by atoms with Gasteiger partial charge in [-0.1, -0.05) is 11.6 Å². The van der Waals surface area contributed by atoms with Crippen LogP contribution in [0.4, 0.5) is 5.69 Å². The highest BCUT2D eigenvalue weighted by Crippen LogP contribution is 2.30. The number of imidazole rings is 1. The maximum atomic E-state index is 12.9. The van der Waals surface area contributed by atoms with Crippen LogP contribution in [0.3, 0.4) is 0 Å². The summed E-state index contributed by atoms with van der Waals surface area (Å²) < 4.78 is 5.10. The van der Waals surface area contributed by atoms with Gasteiger partial charge in [0.1, 0.15) is 33.7 Å². The topological polar surface area (TPSA) is 97.0 Å². The van der Waals surface area contributed by atoms with Crippen LogP contribution in [0.1, 0.15) is 21.0 Å². The molecule has 2 heterocycles. The summed E-state index contributed by atoms with van der Waals surface area (Å²) in [6.07, 6.45) is 3.20. The van der Waals surface area contributed by atoms with E-state index in [1.54, 1.807) is 55.9 Å². The summed E-state index contributed by atoms with van der Waals surface area (Å²) >= 11 is 6.18. The number of pyridine rings is 1. The van der Waals surface area contributed by atoms with Crippen molar-refractivity contribution in [2.24, 2.45) is 0 Å². The normalized spacial score (nSPS) is 13.6. The Balaban J connectivity index is 1.69. The summed E-state index contributed by atoms with van der Waals surface area (Å²) in [6.45, 7) is 0. The number of nitrogens with zero attached hydrogens (tertiary/aromatic N) is 2. The SMILES string of the molecule is COc1ccc(NC2=C(Cl)C(=O)c3[nH]c(-c4ccncc4)nc3C2=O)cc1. The fraction of sp³-hybridized carbons (Fsp3) is 0.0526. The zero-order valence-electron chi connectivity index (χ0n) is 14.1. The van der Waals surface area contributed by atoms with Crippen molar-refractivity contribution in [3.05, 3.63) is 70.9 Å². The maximum Gasteiger partial charge on any atom is 0.231 e. The van der Waals surface area contributed by atoms with Crippen molar-refractivity contribution in [2.75, 3.05) is 12.4 Å². The summed E-state index contributed by atoms with van der Waals surface area (Å²) in [5.41, 5.74) is 1.41. The molecule has 4 rings (SSSR count). The van der Waals surface area contributed by atoms with E-state index < -0.39 is 11.6 Å². The third kappa shape index (κ3) is 2.98. The van der Waals surface area contributed by atoms with Gasteiger partial charge in [-0.3, -0.25) is 14.6 Å². The number of ketones is 2. The molecular weight excluding hydrogens is 368 g/mol. The number of nitrogens with one attached hydrogen (secondary N) is 2. The number of allylic oxidation sites excluding steroid dienone is 2. The lowest BCUT2D eigenvalue weighted by molar-refractivity contribution is 0.0977. The summed E-state index contributed by atoms with van der Waals surface area (Å²) in [5.74, 6) is 0.125. The highest BCUT2D eigenvalue weighted by molar-refractivity contribution is 6.50. The first-order valence-electron chi connectivity index (χ1n) is 7.99. The van der Waals surface area contributed by atoms with Crippen molar-refractivity contribution in [1.29, 1.82) is 0 Å². The standard InChI is InChI=1S/C19H13ClN4O3/c1-27-12-4-2-11(3-5-12)22-14-13(20)17(25)15-16(18(14)26)24-19(23-15)10-6-8-21-9-7-10/h2-9,22H,1H3,(H,23,24). The average Bonchev–Trinajstić information content (AvgIpc) is 3.16. The molecule has 0 aliphatic heterocycles. The second-order valence-electron chi connectivity index (χ2n) is 5.75. The number of aromatic amines is 1. The van der Waals surface area contributed by atoms with E-state index in [0.29, 0.717) is 22.8 Å². The van der Waals surface area contributed by atoms with E-state index in [-0.39, 0.29) is 22.1 Å². The number of fused-ring (bicyclic) bond motifs is 1. The molecule has 1 aliphatic carbocycles. The molecule has 27 heavy (non-hydrogen) atoms. The first-order chi connectivity index (χ1) is 13.1.